The first-order valence-electron chi connectivity index (χ1n) is 7.66. The van der Waals surface area contributed by atoms with Gasteiger partial charge in [0, 0.05) is 31.6 Å². The fourth-order valence-corrected chi connectivity index (χ4v) is 3.23. The molecule has 1 aliphatic heterocycles. The number of hydrogen-bond acceptors (Lipinski definition) is 2. The van der Waals surface area contributed by atoms with Crippen LogP contribution < -0.4 is 0 Å². The molecular weight excluding hydrogens is 284 g/mol. The quantitative estimate of drug-likeness (QED) is 0.852. The van der Waals surface area contributed by atoms with Crippen LogP contribution in [-0.4, -0.2) is 49.4 Å². The van der Waals surface area contributed by atoms with Crippen LogP contribution in [-0.2, 0) is 4.79 Å². The molecule has 1 aromatic carbocycles. The van der Waals surface area contributed by atoms with E-state index in [0.29, 0.717) is 5.92 Å². The van der Waals surface area contributed by atoms with Crippen LogP contribution >= 0.6 is 11.6 Å². The van der Waals surface area contributed by atoms with Gasteiger partial charge in [0.25, 0.3) is 0 Å². The number of carbonyl (C=O) groups is 1. The Balaban J connectivity index is 1.85. The molecule has 116 valence electrons. The van der Waals surface area contributed by atoms with Crippen molar-refractivity contribution in [2.24, 2.45) is 5.92 Å². The fourth-order valence-electron chi connectivity index (χ4n) is 3.03. The molecule has 3 nitrogen and oxygen atoms in total. The number of benzene rings is 1. The Morgan fingerprint density at radius 1 is 1.38 bits per heavy atom. The highest BCUT2D eigenvalue weighted by atomic mass is 35.5. The maximum atomic E-state index is 12.0. The number of piperidine rings is 1. The Morgan fingerprint density at radius 3 is 2.62 bits per heavy atom. The Bertz CT molecular complexity index is 481. The van der Waals surface area contributed by atoms with E-state index in [9.17, 15) is 4.79 Å². The van der Waals surface area contributed by atoms with Crippen molar-refractivity contribution in [3.05, 3.63) is 34.9 Å². The monoisotopic (exact) mass is 308 g/mol. The van der Waals surface area contributed by atoms with Crippen molar-refractivity contribution in [3.8, 4) is 0 Å². The van der Waals surface area contributed by atoms with E-state index in [4.69, 9.17) is 11.6 Å². The number of hydrogen-bond donors (Lipinski definition) is 0. The molecule has 2 rings (SSSR count). The predicted octanol–water partition coefficient (Wildman–Crippen LogP) is 3.24. The average molecular weight is 309 g/mol. The Kier molecular flexibility index (Phi) is 5.65. The number of halogens is 1. The molecular formula is C17H25ClN2O. The minimum Gasteiger partial charge on any atom is -0.349 e. The van der Waals surface area contributed by atoms with Gasteiger partial charge in [0.05, 0.1) is 0 Å². The summed E-state index contributed by atoms with van der Waals surface area (Å²) in [6, 6.07) is 8.11. The second kappa shape index (κ2) is 7.28. The summed E-state index contributed by atoms with van der Waals surface area (Å²) in [6.45, 7) is 5.29. The lowest BCUT2D eigenvalue weighted by Crippen LogP contribution is -2.41. The lowest BCUT2D eigenvalue weighted by atomic mass is 9.93. The summed E-state index contributed by atoms with van der Waals surface area (Å²) in [7, 11) is 3.69. The molecule has 0 bridgehead atoms. The number of carbonyl (C=O) groups excluding carboxylic acids is 1. The molecule has 1 aromatic rings. The average Bonchev–Trinajstić information content (AvgIpc) is 2.47. The van der Waals surface area contributed by atoms with E-state index in [2.05, 4.69) is 24.0 Å². The molecule has 1 amide bonds. The first kappa shape index (κ1) is 16.3. The maximum Gasteiger partial charge on any atom is 0.225 e. The fraction of sp³-hybridized carbons (Fsp3) is 0.588. The molecule has 1 saturated heterocycles. The SMILES string of the molecule is C[C@@H](CN1CCC(C(=O)N(C)C)CC1)c1cccc(Cl)c1. The third kappa shape index (κ3) is 4.45. The molecule has 0 saturated carbocycles. The smallest absolute Gasteiger partial charge is 0.225 e. The standard InChI is InChI=1S/C17H25ClN2O/c1-13(15-5-4-6-16(18)11-15)12-20-9-7-14(8-10-20)17(21)19(2)3/h4-6,11,13-14H,7-10,12H2,1-3H3/t13-/m0/s1. The zero-order valence-electron chi connectivity index (χ0n) is 13.2. The van der Waals surface area contributed by atoms with Gasteiger partial charge in [-0.3, -0.25) is 4.79 Å². The van der Waals surface area contributed by atoms with Crippen LogP contribution in [0, 0.1) is 5.92 Å². The van der Waals surface area contributed by atoms with Crippen LogP contribution in [0.2, 0.25) is 5.02 Å². The molecule has 1 fully saturated rings. The van der Waals surface area contributed by atoms with Crippen LogP contribution in [0.5, 0.6) is 0 Å². The molecule has 0 aliphatic carbocycles. The second-order valence-electron chi connectivity index (χ2n) is 6.26. The van der Waals surface area contributed by atoms with Crippen molar-refractivity contribution in [3.63, 3.8) is 0 Å². The Hall–Kier alpha value is -1.06. The van der Waals surface area contributed by atoms with Crippen molar-refractivity contribution in [1.82, 2.24) is 9.80 Å². The van der Waals surface area contributed by atoms with Crippen molar-refractivity contribution in [1.29, 1.82) is 0 Å². The first-order chi connectivity index (χ1) is 9.97. The van der Waals surface area contributed by atoms with Crippen molar-refractivity contribution < 1.29 is 4.79 Å². The summed E-state index contributed by atoms with van der Waals surface area (Å²) >= 11 is 6.06. The van der Waals surface area contributed by atoms with Crippen LogP contribution in [0.1, 0.15) is 31.2 Å². The Labute approximate surface area is 132 Å². The van der Waals surface area contributed by atoms with Gasteiger partial charge in [-0.05, 0) is 49.5 Å². The summed E-state index contributed by atoms with van der Waals surface area (Å²) in [5, 5.41) is 0.801. The van der Waals surface area contributed by atoms with Crippen LogP contribution in [0.25, 0.3) is 0 Å². The zero-order chi connectivity index (χ0) is 15.4. The molecule has 0 unspecified atom stereocenters. The number of amides is 1. The summed E-state index contributed by atoms with van der Waals surface area (Å²) < 4.78 is 0. The molecule has 0 N–H and O–H groups in total. The zero-order valence-corrected chi connectivity index (χ0v) is 13.9. The lowest BCUT2D eigenvalue weighted by Gasteiger charge is -2.34. The topological polar surface area (TPSA) is 23.6 Å². The van der Waals surface area contributed by atoms with Gasteiger partial charge in [0.2, 0.25) is 5.91 Å². The highest BCUT2D eigenvalue weighted by molar-refractivity contribution is 6.30. The largest absolute Gasteiger partial charge is 0.349 e. The van der Waals surface area contributed by atoms with Gasteiger partial charge in [0.15, 0.2) is 0 Å². The first-order valence-corrected chi connectivity index (χ1v) is 8.04. The summed E-state index contributed by atoms with van der Waals surface area (Å²) in [6.07, 6.45) is 1.94. The van der Waals surface area contributed by atoms with Gasteiger partial charge in [0.1, 0.15) is 0 Å². The van der Waals surface area contributed by atoms with Crippen LogP contribution in [0.15, 0.2) is 24.3 Å². The molecule has 1 aliphatic rings. The van der Waals surface area contributed by atoms with Crippen LogP contribution in [0.4, 0.5) is 0 Å². The molecule has 0 aromatic heterocycles. The number of nitrogens with zero attached hydrogens (tertiary/aromatic N) is 2. The van der Waals surface area contributed by atoms with E-state index in [0.717, 1.165) is 37.5 Å². The lowest BCUT2D eigenvalue weighted by molar-refractivity contribution is -0.134. The van der Waals surface area contributed by atoms with Crippen molar-refractivity contribution in [2.45, 2.75) is 25.7 Å². The van der Waals surface area contributed by atoms with Crippen molar-refractivity contribution >= 4 is 17.5 Å². The third-order valence-corrected chi connectivity index (χ3v) is 4.56. The predicted molar refractivity (Wildman–Crippen MR) is 87.7 cm³/mol. The Morgan fingerprint density at radius 2 is 2.05 bits per heavy atom. The van der Waals surface area contributed by atoms with E-state index in [-0.39, 0.29) is 11.8 Å². The van der Waals surface area contributed by atoms with Crippen LogP contribution in [0.3, 0.4) is 0 Å². The van der Waals surface area contributed by atoms with Crippen molar-refractivity contribution in [2.75, 3.05) is 33.7 Å². The summed E-state index contributed by atoms with van der Waals surface area (Å²) in [5.74, 6) is 0.945. The highest BCUT2D eigenvalue weighted by Gasteiger charge is 2.26. The van der Waals surface area contributed by atoms with Gasteiger partial charge in [-0.1, -0.05) is 30.7 Å². The number of likely N-dealkylation sites (tertiary alicyclic amines) is 1. The molecule has 21 heavy (non-hydrogen) atoms. The van der Waals surface area contributed by atoms with Gasteiger partial charge < -0.3 is 9.80 Å². The van der Waals surface area contributed by atoms with E-state index < -0.39 is 0 Å². The normalized spacial score (nSPS) is 18.5. The molecule has 0 radical (unpaired) electrons. The summed E-state index contributed by atoms with van der Waals surface area (Å²) in [4.78, 5) is 16.2. The minimum absolute atomic E-state index is 0.206. The van der Waals surface area contributed by atoms with Gasteiger partial charge >= 0.3 is 0 Å². The van der Waals surface area contributed by atoms with E-state index in [1.165, 1.54) is 5.56 Å². The summed E-state index contributed by atoms with van der Waals surface area (Å²) in [5.41, 5.74) is 1.29. The maximum absolute atomic E-state index is 12.0. The van der Waals surface area contributed by atoms with Gasteiger partial charge in [-0.25, -0.2) is 0 Å². The molecule has 0 spiro atoms. The van der Waals surface area contributed by atoms with E-state index in [1.807, 2.05) is 26.2 Å². The van der Waals surface area contributed by atoms with Gasteiger partial charge in [-0.2, -0.15) is 0 Å². The molecule has 1 atom stereocenters. The minimum atomic E-state index is 0.206. The third-order valence-electron chi connectivity index (χ3n) is 4.33. The highest BCUT2D eigenvalue weighted by Crippen LogP contribution is 2.24. The second-order valence-corrected chi connectivity index (χ2v) is 6.70. The van der Waals surface area contributed by atoms with Gasteiger partial charge in [-0.15, -0.1) is 0 Å². The van der Waals surface area contributed by atoms with E-state index in [1.54, 1.807) is 4.90 Å². The van der Waals surface area contributed by atoms with E-state index >= 15 is 0 Å². The number of rotatable bonds is 4. The molecule has 1 heterocycles. The molecule has 4 heteroatoms.